The highest BCUT2D eigenvalue weighted by molar-refractivity contribution is 14.0. The normalized spacial score (nSPS) is 15.8. The van der Waals surface area contributed by atoms with Gasteiger partial charge in [-0.05, 0) is 37.0 Å². The number of benzene rings is 1. The first-order valence-corrected chi connectivity index (χ1v) is 9.09. The Kier molecular flexibility index (Phi) is 10.7. The minimum atomic E-state index is 0. The van der Waals surface area contributed by atoms with Crippen LogP contribution in [0.5, 0.6) is 11.5 Å². The van der Waals surface area contributed by atoms with Crippen molar-refractivity contribution in [2.45, 2.75) is 64.5 Å². The highest BCUT2D eigenvalue weighted by atomic mass is 127. The van der Waals surface area contributed by atoms with Crippen LogP contribution in [-0.4, -0.2) is 25.7 Å². The maximum atomic E-state index is 6.05. The summed E-state index contributed by atoms with van der Waals surface area (Å²) in [6.07, 6.45) is 8.57. The van der Waals surface area contributed by atoms with Crippen molar-refractivity contribution in [3.05, 3.63) is 23.8 Å². The predicted octanol–water partition coefficient (Wildman–Crippen LogP) is 4.23. The molecule has 1 aliphatic rings. The van der Waals surface area contributed by atoms with Crippen LogP contribution < -0.4 is 20.5 Å². The molecule has 0 aliphatic heterocycles. The molecule has 2 rings (SSSR count). The largest absolute Gasteiger partial charge is 0.493 e. The van der Waals surface area contributed by atoms with Crippen molar-refractivity contribution >= 4 is 29.9 Å². The van der Waals surface area contributed by atoms with Crippen LogP contribution in [0.25, 0.3) is 0 Å². The van der Waals surface area contributed by atoms with E-state index in [0.717, 1.165) is 23.5 Å². The topological polar surface area (TPSA) is 68.9 Å². The zero-order valence-corrected chi connectivity index (χ0v) is 17.8. The van der Waals surface area contributed by atoms with Gasteiger partial charge < -0.3 is 20.5 Å². The lowest BCUT2D eigenvalue weighted by atomic mass is 10.1. The fraction of sp³-hybridized carbons (Fsp3) is 0.632. The molecule has 1 aliphatic carbocycles. The average Bonchev–Trinajstić information content (AvgIpc) is 2.87. The molecular weight excluding hydrogens is 429 g/mol. The molecule has 0 unspecified atom stereocenters. The van der Waals surface area contributed by atoms with Crippen molar-refractivity contribution in [1.29, 1.82) is 0 Å². The molecule has 1 saturated carbocycles. The molecule has 1 aromatic rings. The summed E-state index contributed by atoms with van der Waals surface area (Å²) in [7, 11) is 1.66. The number of nitrogens with one attached hydrogen (secondary N) is 1. The van der Waals surface area contributed by atoms with E-state index < -0.39 is 0 Å². The van der Waals surface area contributed by atoms with Crippen LogP contribution in [0.15, 0.2) is 23.2 Å². The second-order valence-corrected chi connectivity index (χ2v) is 6.37. The smallest absolute Gasteiger partial charge is 0.189 e. The van der Waals surface area contributed by atoms with E-state index in [1.165, 1.54) is 38.5 Å². The van der Waals surface area contributed by atoms with Gasteiger partial charge in [0.1, 0.15) is 0 Å². The number of guanidine groups is 1. The van der Waals surface area contributed by atoms with Crippen LogP contribution >= 0.6 is 24.0 Å². The molecule has 0 spiro atoms. The van der Waals surface area contributed by atoms with Crippen molar-refractivity contribution in [2.75, 3.05) is 13.7 Å². The molecule has 0 atom stereocenters. The molecule has 0 bridgehead atoms. The summed E-state index contributed by atoms with van der Waals surface area (Å²) in [6, 6.07) is 6.38. The number of aliphatic imine (C=N–C) groups is 1. The van der Waals surface area contributed by atoms with E-state index in [0.29, 0.717) is 25.2 Å². The maximum Gasteiger partial charge on any atom is 0.189 e. The van der Waals surface area contributed by atoms with Crippen LogP contribution in [0.2, 0.25) is 0 Å². The van der Waals surface area contributed by atoms with E-state index in [1.54, 1.807) is 7.11 Å². The number of halogens is 1. The van der Waals surface area contributed by atoms with E-state index in [2.05, 4.69) is 17.2 Å². The van der Waals surface area contributed by atoms with Crippen molar-refractivity contribution < 1.29 is 9.47 Å². The first-order valence-electron chi connectivity index (χ1n) is 9.09. The molecule has 0 heterocycles. The lowest BCUT2D eigenvalue weighted by Crippen LogP contribution is -2.39. The fourth-order valence-corrected chi connectivity index (χ4v) is 3.00. The van der Waals surface area contributed by atoms with Gasteiger partial charge in [0.2, 0.25) is 0 Å². The number of hydrogen-bond donors (Lipinski definition) is 2. The molecule has 0 amide bonds. The molecule has 3 N–H and O–H groups in total. The third-order valence-electron chi connectivity index (χ3n) is 4.33. The highest BCUT2D eigenvalue weighted by Gasteiger charge is 2.12. The molecule has 6 heteroatoms. The standard InChI is InChI=1S/C19H31N3O2.HI/c1-3-12-24-17-11-10-15(13-18(17)23-2)14-21-19(20)22-16-8-6-4-5-7-9-16;/h10-11,13,16H,3-9,12,14H2,1-2H3,(H3,20,21,22);1H. The molecule has 0 saturated heterocycles. The summed E-state index contributed by atoms with van der Waals surface area (Å²) >= 11 is 0. The van der Waals surface area contributed by atoms with Crippen LogP contribution in [0.1, 0.15) is 57.4 Å². The lowest BCUT2D eigenvalue weighted by Gasteiger charge is -2.16. The van der Waals surface area contributed by atoms with Crippen LogP contribution in [0.3, 0.4) is 0 Å². The quantitative estimate of drug-likeness (QED) is 0.276. The molecule has 1 aromatic carbocycles. The third kappa shape index (κ3) is 7.71. The van der Waals surface area contributed by atoms with Crippen molar-refractivity contribution in [3.63, 3.8) is 0 Å². The van der Waals surface area contributed by atoms with Crippen molar-refractivity contribution in [3.8, 4) is 11.5 Å². The molecule has 0 radical (unpaired) electrons. The first-order chi connectivity index (χ1) is 11.7. The van der Waals surface area contributed by atoms with E-state index in [9.17, 15) is 0 Å². The third-order valence-corrected chi connectivity index (χ3v) is 4.33. The fourth-order valence-electron chi connectivity index (χ4n) is 3.00. The second-order valence-electron chi connectivity index (χ2n) is 6.37. The van der Waals surface area contributed by atoms with Crippen molar-refractivity contribution in [1.82, 2.24) is 5.32 Å². The Morgan fingerprint density at radius 2 is 1.92 bits per heavy atom. The summed E-state index contributed by atoms with van der Waals surface area (Å²) in [4.78, 5) is 4.47. The van der Waals surface area contributed by atoms with Gasteiger partial charge in [-0.25, -0.2) is 4.99 Å². The van der Waals surface area contributed by atoms with Crippen LogP contribution in [0, 0.1) is 0 Å². The minimum Gasteiger partial charge on any atom is -0.493 e. The van der Waals surface area contributed by atoms with Gasteiger partial charge in [0.15, 0.2) is 17.5 Å². The molecule has 5 nitrogen and oxygen atoms in total. The Morgan fingerprint density at radius 1 is 1.20 bits per heavy atom. The van der Waals surface area contributed by atoms with Crippen LogP contribution in [-0.2, 0) is 6.54 Å². The van der Waals surface area contributed by atoms with Gasteiger partial charge in [-0.3, -0.25) is 0 Å². The Hall–Kier alpha value is -1.18. The summed E-state index contributed by atoms with van der Waals surface area (Å²) < 4.78 is 11.1. The number of nitrogens with zero attached hydrogens (tertiary/aromatic N) is 1. The summed E-state index contributed by atoms with van der Waals surface area (Å²) in [5.74, 6) is 2.05. The number of nitrogens with two attached hydrogens (primary N) is 1. The Morgan fingerprint density at radius 3 is 2.56 bits per heavy atom. The van der Waals surface area contributed by atoms with E-state index in [-0.39, 0.29) is 24.0 Å². The van der Waals surface area contributed by atoms with Gasteiger partial charge in [-0.2, -0.15) is 0 Å². The Balaban J connectivity index is 0.00000312. The highest BCUT2D eigenvalue weighted by Crippen LogP contribution is 2.28. The van der Waals surface area contributed by atoms with Gasteiger partial charge >= 0.3 is 0 Å². The zero-order chi connectivity index (χ0) is 17.2. The number of methoxy groups -OCH3 is 1. The number of hydrogen-bond acceptors (Lipinski definition) is 3. The van der Waals surface area contributed by atoms with Crippen molar-refractivity contribution in [2.24, 2.45) is 10.7 Å². The monoisotopic (exact) mass is 461 g/mol. The SMILES string of the molecule is CCCOc1ccc(CN=C(N)NC2CCCCCC2)cc1OC.I. The van der Waals surface area contributed by atoms with Gasteiger partial charge in [0.25, 0.3) is 0 Å². The molecule has 1 fully saturated rings. The minimum absolute atomic E-state index is 0. The first kappa shape index (κ1) is 21.9. The maximum absolute atomic E-state index is 6.05. The van der Waals surface area contributed by atoms with Gasteiger partial charge in [0, 0.05) is 6.04 Å². The van der Waals surface area contributed by atoms with Gasteiger partial charge in [0.05, 0.1) is 20.3 Å². The van der Waals surface area contributed by atoms with Gasteiger partial charge in [-0.1, -0.05) is 38.7 Å². The number of ether oxygens (including phenoxy) is 2. The zero-order valence-electron chi connectivity index (χ0n) is 15.4. The molecule has 0 aromatic heterocycles. The van der Waals surface area contributed by atoms with E-state index in [1.807, 2.05) is 18.2 Å². The van der Waals surface area contributed by atoms with Crippen LogP contribution in [0.4, 0.5) is 0 Å². The summed E-state index contributed by atoms with van der Waals surface area (Å²) in [5.41, 5.74) is 7.11. The Labute approximate surface area is 168 Å². The van der Waals surface area contributed by atoms with E-state index in [4.69, 9.17) is 15.2 Å². The summed E-state index contributed by atoms with van der Waals surface area (Å²) in [5, 5.41) is 3.37. The summed E-state index contributed by atoms with van der Waals surface area (Å²) in [6.45, 7) is 3.31. The van der Waals surface area contributed by atoms with E-state index >= 15 is 0 Å². The second kappa shape index (κ2) is 12.2. The molecular formula is C19H32IN3O2. The number of rotatable bonds is 7. The molecule has 142 valence electrons. The average molecular weight is 461 g/mol. The van der Waals surface area contributed by atoms with Gasteiger partial charge in [-0.15, -0.1) is 24.0 Å². The predicted molar refractivity (Wildman–Crippen MR) is 114 cm³/mol. The molecule has 25 heavy (non-hydrogen) atoms. The Bertz CT molecular complexity index is 529. The lowest BCUT2D eigenvalue weighted by molar-refractivity contribution is 0.294.